The Labute approximate surface area is 147 Å². The van der Waals surface area contributed by atoms with Gasteiger partial charge < -0.3 is 0 Å². The molecule has 0 aromatic heterocycles. The van der Waals surface area contributed by atoms with Gasteiger partial charge in [0.05, 0.1) is 0 Å². The van der Waals surface area contributed by atoms with Crippen LogP contribution in [0.4, 0.5) is 0 Å². The van der Waals surface area contributed by atoms with Crippen molar-refractivity contribution in [3.8, 4) is 0 Å². The molecule has 0 bridgehead atoms. The molecule has 0 N–H and O–H groups in total. The van der Waals surface area contributed by atoms with Crippen molar-refractivity contribution in [1.29, 1.82) is 0 Å². The van der Waals surface area contributed by atoms with Gasteiger partial charge in [0.2, 0.25) is 0 Å². The van der Waals surface area contributed by atoms with Crippen LogP contribution in [0, 0.1) is 0 Å². The van der Waals surface area contributed by atoms with Crippen LogP contribution < -0.4 is 10.7 Å². The predicted molar refractivity (Wildman–Crippen MR) is 107 cm³/mol. The van der Waals surface area contributed by atoms with Gasteiger partial charge in [0.1, 0.15) is 0 Å². The molecule has 3 aromatic rings. The van der Waals surface area contributed by atoms with Crippen LogP contribution in [0.3, 0.4) is 0 Å². The second-order valence-electron chi connectivity index (χ2n) is 5.64. The molecule has 0 aliphatic heterocycles. The first-order chi connectivity index (χ1) is 11.4. The number of benzene rings is 3. The van der Waals surface area contributed by atoms with Crippen molar-refractivity contribution in [1.82, 2.24) is 0 Å². The molecule has 0 saturated heterocycles. The van der Waals surface area contributed by atoms with E-state index in [1.165, 1.54) is 9.52 Å². The van der Waals surface area contributed by atoms with Gasteiger partial charge in [-0.15, -0.1) is 0 Å². The molecule has 0 spiro atoms. The Morgan fingerprint density at radius 2 is 0.957 bits per heavy atom. The van der Waals surface area contributed by atoms with E-state index in [2.05, 4.69) is 110 Å². The van der Waals surface area contributed by atoms with Crippen molar-refractivity contribution in [2.24, 2.45) is 0 Å². The van der Waals surface area contributed by atoms with Crippen LogP contribution in [-0.4, -0.2) is 27.9 Å². The first kappa shape index (κ1) is 16.7. The van der Waals surface area contributed by atoms with Gasteiger partial charge in [0, 0.05) is 0 Å². The van der Waals surface area contributed by atoms with Gasteiger partial charge in [-0.2, -0.15) is 0 Å². The quantitative estimate of drug-likeness (QED) is 0.546. The van der Waals surface area contributed by atoms with E-state index in [4.69, 9.17) is 0 Å². The van der Waals surface area contributed by atoms with E-state index in [0.717, 1.165) is 0 Å². The van der Waals surface area contributed by atoms with Gasteiger partial charge in [0.25, 0.3) is 0 Å². The van der Waals surface area contributed by atoms with Gasteiger partial charge in [0.15, 0.2) is 0 Å². The van der Waals surface area contributed by atoms with E-state index in [1.807, 2.05) is 0 Å². The molecule has 0 unspecified atom stereocenters. The molecule has 0 nitrogen and oxygen atoms in total. The molecule has 0 aliphatic carbocycles. The number of thioether (sulfide) groups is 1. The zero-order chi connectivity index (χ0) is 16.0. The molecule has 0 amide bonds. The molecule has 2 heteroatoms. The van der Waals surface area contributed by atoms with Crippen molar-refractivity contribution in [3.63, 3.8) is 0 Å². The van der Waals surface area contributed by atoms with Crippen molar-refractivity contribution in [2.75, 3.05) is 9.52 Å². The molecule has 0 aliphatic rings. The molecule has 0 heterocycles. The van der Waals surface area contributed by atoms with E-state index in [-0.39, 0.29) is 0 Å². The Bertz CT molecular complexity index is 614. The molecule has 0 atom stereocenters. The van der Waals surface area contributed by atoms with E-state index >= 15 is 0 Å². The van der Waals surface area contributed by atoms with Crippen molar-refractivity contribution in [2.45, 2.75) is 6.92 Å². The van der Waals surface area contributed by atoms with Crippen molar-refractivity contribution in [3.05, 3.63) is 91.0 Å². The third kappa shape index (κ3) is 3.51. The average molecular weight is 425 g/mol. The minimum atomic E-state index is -2.94. The Morgan fingerprint density at radius 1 is 0.609 bits per heavy atom. The summed E-state index contributed by atoms with van der Waals surface area (Å²) in [7, 11) is 0. The molecular formula is C21H22SSn. The number of rotatable bonds is 6. The second-order valence-corrected chi connectivity index (χ2v) is 19.5. The zero-order valence-corrected chi connectivity index (χ0v) is 17.2. The van der Waals surface area contributed by atoms with Crippen LogP contribution in [0.1, 0.15) is 6.92 Å². The maximum atomic E-state index is 2.35. The monoisotopic (exact) mass is 426 g/mol. The van der Waals surface area contributed by atoms with Gasteiger partial charge >= 0.3 is 148 Å². The van der Waals surface area contributed by atoms with E-state index in [0.29, 0.717) is 0 Å². The normalized spacial score (nSPS) is 11.3. The van der Waals surface area contributed by atoms with Crippen LogP contribution >= 0.6 is 11.8 Å². The van der Waals surface area contributed by atoms with Crippen LogP contribution in [-0.2, 0) is 0 Å². The Balaban J connectivity index is 2.25. The van der Waals surface area contributed by atoms with Crippen LogP contribution in [0.5, 0.6) is 0 Å². The number of hydrogen-bond donors (Lipinski definition) is 0. The fourth-order valence-corrected chi connectivity index (χ4v) is 22.2. The van der Waals surface area contributed by atoms with Crippen molar-refractivity contribution >= 4 is 40.9 Å². The summed E-state index contributed by atoms with van der Waals surface area (Å²) in [4.78, 5) is 0. The molecule has 23 heavy (non-hydrogen) atoms. The van der Waals surface area contributed by atoms with Crippen molar-refractivity contribution < 1.29 is 0 Å². The van der Waals surface area contributed by atoms with Gasteiger partial charge in [-0.1, -0.05) is 0 Å². The summed E-state index contributed by atoms with van der Waals surface area (Å²) in [5.41, 5.74) is 0. The fourth-order valence-electron chi connectivity index (χ4n) is 3.17. The van der Waals surface area contributed by atoms with Gasteiger partial charge in [-0.25, -0.2) is 0 Å². The first-order valence-corrected chi connectivity index (χ1v) is 15.6. The van der Waals surface area contributed by atoms with E-state index in [9.17, 15) is 0 Å². The van der Waals surface area contributed by atoms with Gasteiger partial charge in [-0.3, -0.25) is 0 Å². The zero-order valence-electron chi connectivity index (χ0n) is 13.5. The Morgan fingerprint density at radius 3 is 1.26 bits per heavy atom. The summed E-state index contributed by atoms with van der Waals surface area (Å²) in [5.74, 6) is 1.17. The molecule has 0 saturated carbocycles. The fraction of sp³-hybridized carbons (Fsp3) is 0.143. The molecular weight excluding hydrogens is 403 g/mol. The Kier molecular flexibility index (Phi) is 5.85. The standard InChI is InChI=1S/3C6H5.C3H7S.Sn/c3*1-2-4-6-5-3-1;1-3-4-2;/h3*1-5H;2-3H2,1H3;. The van der Waals surface area contributed by atoms with E-state index in [1.54, 1.807) is 10.7 Å². The predicted octanol–water partition coefficient (Wildman–Crippen LogP) is 3.45. The maximum absolute atomic E-state index is 2.94. The molecule has 0 radical (unpaired) electrons. The first-order valence-electron chi connectivity index (χ1n) is 8.12. The summed E-state index contributed by atoms with van der Waals surface area (Å²) < 4.78 is 5.96. The summed E-state index contributed by atoms with van der Waals surface area (Å²) >= 11 is -0.849. The van der Waals surface area contributed by atoms with Crippen LogP contribution in [0.25, 0.3) is 0 Å². The minimum absolute atomic E-state index is 1.17. The van der Waals surface area contributed by atoms with Crippen LogP contribution in [0.15, 0.2) is 91.0 Å². The van der Waals surface area contributed by atoms with E-state index < -0.39 is 18.4 Å². The molecule has 116 valence electrons. The second kappa shape index (κ2) is 8.07. The summed E-state index contributed by atoms with van der Waals surface area (Å²) in [5, 5.41) is 0. The summed E-state index contributed by atoms with van der Waals surface area (Å²) in [6, 6.07) is 33.7. The molecule has 0 fully saturated rings. The molecule has 3 aromatic carbocycles. The summed E-state index contributed by atoms with van der Waals surface area (Å²) in [6.45, 7) is 2.27. The number of hydrogen-bond acceptors (Lipinski definition) is 1. The topological polar surface area (TPSA) is 0 Å². The van der Waals surface area contributed by atoms with Crippen LogP contribution in [0.2, 0.25) is 0 Å². The average Bonchev–Trinajstić information content (AvgIpc) is 2.65. The summed E-state index contributed by atoms with van der Waals surface area (Å²) in [6.07, 6.45) is 0. The SMILES string of the molecule is CCS[CH2][Sn]([c]1ccccc1)([c]1ccccc1)[c]1ccccc1. The molecule has 3 rings (SSSR count). The van der Waals surface area contributed by atoms with Gasteiger partial charge in [-0.05, 0) is 0 Å². The third-order valence-electron chi connectivity index (χ3n) is 4.32. The Hall–Kier alpha value is -1.19. The third-order valence-corrected chi connectivity index (χ3v) is 22.1.